The largest absolute Gasteiger partial charge is 0.366 e. The van der Waals surface area contributed by atoms with E-state index in [0.717, 1.165) is 12.1 Å². The van der Waals surface area contributed by atoms with Crippen LogP contribution in [0.15, 0.2) is 72.4 Å². The maximum Gasteiger partial charge on any atom is 0.271 e. The lowest BCUT2D eigenvalue weighted by atomic mass is 9.92. The number of nitrogens with two attached hydrogens (primary N) is 1. The number of anilines is 1. The van der Waals surface area contributed by atoms with E-state index in [0.29, 0.717) is 11.3 Å². The number of nitro benzene ring substituents is 1. The number of amides is 1. The highest BCUT2D eigenvalue weighted by atomic mass is 19.1. The molecular formula is C23H14FN3O5. The maximum atomic E-state index is 14.9. The van der Waals surface area contributed by atoms with E-state index >= 15 is 0 Å². The Bertz CT molecular complexity index is 1360. The van der Waals surface area contributed by atoms with Gasteiger partial charge in [-0.1, -0.05) is 36.4 Å². The number of nitro groups is 1. The van der Waals surface area contributed by atoms with Gasteiger partial charge in [0, 0.05) is 40.6 Å². The van der Waals surface area contributed by atoms with E-state index in [1.54, 1.807) is 30.3 Å². The first-order valence-corrected chi connectivity index (χ1v) is 9.31. The summed E-state index contributed by atoms with van der Waals surface area (Å²) >= 11 is 0. The first-order valence-electron chi connectivity index (χ1n) is 9.31. The third-order valence-electron chi connectivity index (χ3n) is 4.94. The average Bonchev–Trinajstić information content (AvgIpc) is 2.77. The van der Waals surface area contributed by atoms with Crippen molar-refractivity contribution in [2.75, 3.05) is 5.32 Å². The van der Waals surface area contributed by atoms with E-state index in [2.05, 4.69) is 5.32 Å². The van der Waals surface area contributed by atoms with Crippen molar-refractivity contribution in [1.29, 1.82) is 0 Å². The molecule has 3 aromatic rings. The van der Waals surface area contributed by atoms with Gasteiger partial charge in [-0.3, -0.25) is 24.5 Å². The van der Waals surface area contributed by atoms with E-state index in [-0.39, 0.29) is 34.0 Å². The standard InChI is InChI=1S/C23H14FN3O5/c24-21-17(9-14(27(31)32)10-18(21)23(25)30)12-4-3-5-13(8-12)26-19-11-20(28)15-6-1-2-7-16(15)22(19)29/h1-11,26H,(H2,25,30). The second kappa shape index (κ2) is 7.88. The van der Waals surface area contributed by atoms with Crippen molar-refractivity contribution in [3.63, 3.8) is 0 Å². The van der Waals surface area contributed by atoms with E-state index in [4.69, 9.17) is 5.73 Å². The van der Waals surface area contributed by atoms with Crippen LogP contribution in [0, 0.1) is 15.9 Å². The molecule has 0 aromatic heterocycles. The highest BCUT2D eigenvalue weighted by Gasteiger charge is 2.25. The van der Waals surface area contributed by atoms with Gasteiger partial charge in [0.25, 0.3) is 11.6 Å². The number of benzene rings is 3. The fourth-order valence-electron chi connectivity index (χ4n) is 3.43. The summed E-state index contributed by atoms with van der Waals surface area (Å²) < 4.78 is 14.9. The molecule has 0 saturated heterocycles. The fraction of sp³-hybridized carbons (Fsp3) is 0. The number of carbonyl (C=O) groups is 3. The number of non-ortho nitro benzene ring substituents is 1. The highest BCUT2D eigenvalue weighted by Crippen LogP contribution is 2.32. The summed E-state index contributed by atoms with van der Waals surface area (Å²) in [5.74, 6) is -2.87. The summed E-state index contributed by atoms with van der Waals surface area (Å²) in [5.41, 5.74) is 4.97. The van der Waals surface area contributed by atoms with Crippen molar-refractivity contribution in [1.82, 2.24) is 0 Å². The number of carbonyl (C=O) groups excluding carboxylic acids is 3. The van der Waals surface area contributed by atoms with Crippen LogP contribution < -0.4 is 11.1 Å². The number of fused-ring (bicyclic) bond motifs is 1. The zero-order valence-electron chi connectivity index (χ0n) is 16.3. The summed E-state index contributed by atoms with van der Waals surface area (Å²) in [4.78, 5) is 47.1. The summed E-state index contributed by atoms with van der Waals surface area (Å²) in [5, 5.41) is 14.1. The Kier molecular flexibility index (Phi) is 5.07. The van der Waals surface area contributed by atoms with Crippen LogP contribution in [0.5, 0.6) is 0 Å². The van der Waals surface area contributed by atoms with Gasteiger partial charge in [0.2, 0.25) is 5.78 Å². The zero-order chi connectivity index (χ0) is 23.0. The molecule has 0 fully saturated rings. The van der Waals surface area contributed by atoms with Crippen LogP contribution in [0.25, 0.3) is 11.1 Å². The quantitative estimate of drug-likeness (QED) is 0.465. The van der Waals surface area contributed by atoms with Crippen LogP contribution in [0.4, 0.5) is 15.8 Å². The molecule has 1 aliphatic rings. The molecule has 0 unspecified atom stereocenters. The number of hydrogen-bond acceptors (Lipinski definition) is 6. The Balaban J connectivity index is 1.73. The van der Waals surface area contributed by atoms with E-state index < -0.39 is 27.9 Å². The Morgan fingerprint density at radius 1 is 0.969 bits per heavy atom. The van der Waals surface area contributed by atoms with Gasteiger partial charge >= 0.3 is 0 Å². The predicted molar refractivity (Wildman–Crippen MR) is 114 cm³/mol. The lowest BCUT2D eigenvalue weighted by Gasteiger charge is -2.17. The molecule has 158 valence electrons. The van der Waals surface area contributed by atoms with E-state index in [1.165, 1.54) is 24.3 Å². The summed E-state index contributed by atoms with van der Waals surface area (Å²) in [7, 11) is 0. The zero-order valence-corrected chi connectivity index (χ0v) is 16.3. The molecule has 0 saturated carbocycles. The van der Waals surface area contributed by atoms with Crippen molar-refractivity contribution >= 4 is 28.8 Å². The van der Waals surface area contributed by atoms with Crippen LogP contribution in [-0.2, 0) is 0 Å². The molecule has 0 atom stereocenters. The number of rotatable bonds is 5. The van der Waals surface area contributed by atoms with Gasteiger partial charge < -0.3 is 11.1 Å². The molecule has 1 aliphatic carbocycles. The number of Topliss-reactive ketones (excluding diaryl/α,β-unsaturated/α-hetero) is 1. The lowest BCUT2D eigenvalue weighted by molar-refractivity contribution is -0.384. The van der Waals surface area contributed by atoms with Gasteiger partial charge in [-0.05, 0) is 17.7 Å². The summed E-state index contributed by atoms with van der Waals surface area (Å²) in [6, 6.07) is 14.2. The molecule has 32 heavy (non-hydrogen) atoms. The third kappa shape index (κ3) is 3.63. The first kappa shape index (κ1) is 20.6. The van der Waals surface area contributed by atoms with Crippen molar-refractivity contribution in [3.05, 3.63) is 105 Å². The van der Waals surface area contributed by atoms with Crippen molar-refractivity contribution in [3.8, 4) is 11.1 Å². The molecule has 9 heteroatoms. The van der Waals surface area contributed by atoms with Crippen LogP contribution in [0.2, 0.25) is 0 Å². The Hall–Kier alpha value is -4.66. The van der Waals surface area contributed by atoms with Crippen LogP contribution in [0.1, 0.15) is 31.1 Å². The lowest BCUT2D eigenvalue weighted by Crippen LogP contribution is -2.21. The third-order valence-corrected chi connectivity index (χ3v) is 4.94. The minimum Gasteiger partial charge on any atom is -0.366 e. The van der Waals surface area contributed by atoms with Crippen LogP contribution in [0.3, 0.4) is 0 Å². The Morgan fingerprint density at radius 2 is 1.69 bits per heavy atom. The molecule has 0 radical (unpaired) electrons. The van der Waals surface area contributed by atoms with Crippen LogP contribution in [-0.4, -0.2) is 22.4 Å². The molecular weight excluding hydrogens is 417 g/mol. The number of hydrogen-bond donors (Lipinski definition) is 2. The molecule has 8 nitrogen and oxygen atoms in total. The number of primary amides is 1. The second-order valence-corrected chi connectivity index (χ2v) is 6.98. The van der Waals surface area contributed by atoms with Crippen molar-refractivity contribution in [2.24, 2.45) is 5.73 Å². The molecule has 0 spiro atoms. The van der Waals surface area contributed by atoms with Crippen molar-refractivity contribution in [2.45, 2.75) is 0 Å². The SMILES string of the molecule is NC(=O)c1cc([N+](=O)[O-])cc(-c2cccc(NC3=CC(=O)c4ccccc4C3=O)c2)c1F. The molecule has 0 aliphatic heterocycles. The van der Waals surface area contributed by atoms with Crippen molar-refractivity contribution < 1.29 is 23.7 Å². The predicted octanol–water partition coefficient (Wildman–Crippen LogP) is 3.87. The number of nitrogens with one attached hydrogen (secondary N) is 1. The first-order chi connectivity index (χ1) is 15.3. The van der Waals surface area contributed by atoms with Gasteiger partial charge in [0.05, 0.1) is 16.2 Å². The van der Waals surface area contributed by atoms with Gasteiger partial charge in [-0.25, -0.2) is 4.39 Å². The number of ketones is 2. The normalized spacial score (nSPS) is 12.7. The van der Waals surface area contributed by atoms with Gasteiger partial charge in [0.15, 0.2) is 5.78 Å². The molecule has 1 amide bonds. The topological polar surface area (TPSA) is 132 Å². The Labute approximate surface area is 180 Å². The minimum absolute atomic E-state index is 0.0307. The smallest absolute Gasteiger partial charge is 0.271 e. The van der Waals surface area contributed by atoms with E-state index in [1.807, 2.05) is 0 Å². The maximum absolute atomic E-state index is 14.9. The highest BCUT2D eigenvalue weighted by molar-refractivity contribution is 6.25. The molecule has 4 rings (SSSR count). The fourth-order valence-corrected chi connectivity index (χ4v) is 3.43. The minimum atomic E-state index is -1.14. The summed E-state index contributed by atoms with van der Waals surface area (Å²) in [6.45, 7) is 0. The number of halogens is 1. The van der Waals surface area contributed by atoms with E-state index in [9.17, 15) is 28.9 Å². The Morgan fingerprint density at radius 3 is 2.38 bits per heavy atom. The van der Waals surface area contributed by atoms with Gasteiger partial charge in [-0.15, -0.1) is 0 Å². The van der Waals surface area contributed by atoms with Gasteiger partial charge in [-0.2, -0.15) is 0 Å². The molecule has 3 N–H and O–H groups in total. The second-order valence-electron chi connectivity index (χ2n) is 6.98. The molecule has 0 heterocycles. The summed E-state index contributed by atoms with van der Waals surface area (Å²) in [6.07, 6.45) is 1.18. The van der Waals surface area contributed by atoms with Crippen LogP contribution >= 0.6 is 0 Å². The number of allylic oxidation sites excluding steroid dienone is 2. The molecule has 0 bridgehead atoms. The molecule has 3 aromatic carbocycles. The van der Waals surface area contributed by atoms with Gasteiger partial charge in [0.1, 0.15) is 5.82 Å². The average molecular weight is 431 g/mol. The monoisotopic (exact) mass is 431 g/mol. The number of nitrogens with zero attached hydrogens (tertiary/aromatic N) is 1.